The van der Waals surface area contributed by atoms with E-state index in [9.17, 15) is 4.79 Å². The molecule has 28 heavy (non-hydrogen) atoms. The van der Waals surface area contributed by atoms with Crippen LogP contribution in [0.5, 0.6) is 5.75 Å². The van der Waals surface area contributed by atoms with E-state index in [-0.39, 0.29) is 6.03 Å². The number of methoxy groups -OCH3 is 2. The van der Waals surface area contributed by atoms with Crippen LogP contribution in [-0.4, -0.2) is 68.0 Å². The van der Waals surface area contributed by atoms with Crippen molar-refractivity contribution in [2.45, 2.75) is 25.2 Å². The molecule has 8 nitrogen and oxygen atoms in total. The molecule has 1 aromatic heterocycles. The average Bonchev–Trinajstić information content (AvgIpc) is 3.35. The molecule has 0 unspecified atom stereocenters. The number of H-pyrrole nitrogens is 1. The van der Waals surface area contributed by atoms with Gasteiger partial charge in [-0.25, -0.2) is 9.78 Å². The number of anilines is 1. The van der Waals surface area contributed by atoms with Crippen LogP contribution in [0.4, 0.5) is 10.7 Å². The Morgan fingerprint density at radius 2 is 2.14 bits per heavy atom. The van der Waals surface area contributed by atoms with Crippen molar-refractivity contribution in [3.8, 4) is 5.75 Å². The zero-order valence-electron chi connectivity index (χ0n) is 16.5. The summed E-state index contributed by atoms with van der Waals surface area (Å²) in [4.78, 5) is 22.4. The van der Waals surface area contributed by atoms with Gasteiger partial charge in [-0.1, -0.05) is 6.07 Å². The summed E-state index contributed by atoms with van der Waals surface area (Å²) in [6, 6.07) is 3.91. The number of imidazole rings is 1. The third kappa shape index (κ3) is 3.79. The number of nitrogens with zero attached hydrogens (tertiary/aromatic N) is 2. The lowest BCUT2D eigenvalue weighted by atomic mass is 9.90. The molecule has 0 radical (unpaired) electrons. The molecular weight excluding hydrogens is 360 g/mol. The van der Waals surface area contributed by atoms with Gasteiger partial charge in [0.05, 0.1) is 19.2 Å². The SMILES string of the molecule is COC[C@H]1CCN(C(=O)Nc2nc3c(C4CCOCC4)ccc(OC)c3[nH]2)C1. The molecule has 1 atom stereocenters. The molecule has 2 aliphatic heterocycles. The van der Waals surface area contributed by atoms with E-state index in [1.54, 1.807) is 14.2 Å². The lowest BCUT2D eigenvalue weighted by Gasteiger charge is -2.22. The minimum absolute atomic E-state index is 0.135. The molecule has 2 aromatic rings. The molecule has 3 heterocycles. The minimum atomic E-state index is -0.135. The summed E-state index contributed by atoms with van der Waals surface area (Å²) >= 11 is 0. The summed E-state index contributed by atoms with van der Waals surface area (Å²) < 4.78 is 16.2. The normalized spacial score (nSPS) is 20.6. The molecule has 0 bridgehead atoms. The Hall–Kier alpha value is -2.32. The summed E-state index contributed by atoms with van der Waals surface area (Å²) in [6.07, 6.45) is 2.92. The van der Waals surface area contributed by atoms with Crippen LogP contribution < -0.4 is 10.1 Å². The second-order valence-electron chi connectivity index (χ2n) is 7.54. The molecule has 1 aromatic carbocycles. The largest absolute Gasteiger partial charge is 0.494 e. The Labute approximate surface area is 164 Å². The molecule has 2 aliphatic rings. The van der Waals surface area contributed by atoms with E-state index in [1.165, 1.54) is 5.56 Å². The van der Waals surface area contributed by atoms with E-state index >= 15 is 0 Å². The van der Waals surface area contributed by atoms with Crippen LogP contribution >= 0.6 is 0 Å². The number of aromatic amines is 1. The van der Waals surface area contributed by atoms with Crippen molar-refractivity contribution in [2.24, 2.45) is 5.92 Å². The Morgan fingerprint density at radius 1 is 1.32 bits per heavy atom. The highest BCUT2D eigenvalue weighted by molar-refractivity contribution is 5.92. The van der Waals surface area contributed by atoms with Crippen LogP contribution in [0.15, 0.2) is 12.1 Å². The van der Waals surface area contributed by atoms with Gasteiger partial charge < -0.3 is 24.1 Å². The highest BCUT2D eigenvalue weighted by Crippen LogP contribution is 2.36. The molecule has 8 heteroatoms. The van der Waals surface area contributed by atoms with Crippen molar-refractivity contribution in [1.29, 1.82) is 0 Å². The first-order valence-electron chi connectivity index (χ1n) is 9.88. The van der Waals surface area contributed by atoms with E-state index in [0.29, 0.717) is 30.9 Å². The molecule has 2 fully saturated rings. The van der Waals surface area contributed by atoms with Crippen LogP contribution in [-0.2, 0) is 9.47 Å². The smallest absolute Gasteiger partial charge is 0.324 e. The second kappa shape index (κ2) is 8.36. The van der Waals surface area contributed by atoms with E-state index in [0.717, 1.165) is 55.8 Å². The monoisotopic (exact) mass is 388 g/mol. The van der Waals surface area contributed by atoms with E-state index in [4.69, 9.17) is 19.2 Å². The standard InChI is InChI=1S/C20H28N4O4/c1-26-12-13-5-8-24(11-13)20(25)23-19-21-17-15(14-6-9-28-10-7-14)3-4-16(27-2)18(17)22-19/h3-4,13-14H,5-12H2,1-2H3,(H2,21,22,23,25)/t13-/m0/s1. The predicted octanol–water partition coefficient (Wildman–Crippen LogP) is 2.97. The zero-order valence-corrected chi connectivity index (χ0v) is 16.5. The first-order valence-corrected chi connectivity index (χ1v) is 9.88. The zero-order chi connectivity index (χ0) is 19.5. The maximum Gasteiger partial charge on any atom is 0.324 e. The van der Waals surface area contributed by atoms with Gasteiger partial charge in [-0.05, 0) is 36.8 Å². The first-order chi connectivity index (χ1) is 13.7. The molecule has 0 spiro atoms. The van der Waals surface area contributed by atoms with Crippen LogP contribution in [0, 0.1) is 5.92 Å². The molecule has 0 aliphatic carbocycles. The Morgan fingerprint density at radius 3 is 2.89 bits per heavy atom. The Balaban J connectivity index is 1.55. The number of benzene rings is 1. The number of ether oxygens (including phenoxy) is 3. The molecule has 2 N–H and O–H groups in total. The summed E-state index contributed by atoms with van der Waals surface area (Å²) in [5, 5.41) is 2.92. The number of hydrogen-bond donors (Lipinski definition) is 2. The highest BCUT2D eigenvalue weighted by atomic mass is 16.5. The number of amides is 2. The fourth-order valence-corrected chi connectivity index (χ4v) is 4.22. The quantitative estimate of drug-likeness (QED) is 0.822. The van der Waals surface area contributed by atoms with Gasteiger partial charge in [0, 0.05) is 39.3 Å². The van der Waals surface area contributed by atoms with E-state index in [2.05, 4.69) is 16.4 Å². The van der Waals surface area contributed by atoms with Crippen molar-refractivity contribution in [2.75, 3.05) is 52.4 Å². The van der Waals surface area contributed by atoms with Crippen LogP contribution in [0.1, 0.15) is 30.7 Å². The third-order valence-electron chi connectivity index (χ3n) is 5.72. The summed E-state index contributed by atoms with van der Waals surface area (Å²) in [6.45, 7) is 3.65. The molecule has 4 rings (SSSR count). The lowest BCUT2D eigenvalue weighted by Crippen LogP contribution is -2.33. The fourth-order valence-electron chi connectivity index (χ4n) is 4.22. The molecule has 152 valence electrons. The van der Waals surface area contributed by atoms with E-state index < -0.39 is 0 Å². The molecule has 2 amide bonds. The van der Waals surface area contributed by atoms with Crippen molar-refractivity contribution < 1.29 is 19.0 Å². The maximum atomic E-state index is 12.6. The number of aromatic nitrogens is 2. The number of urea groups is 1. The van der Waals surface area contributed by atoms with Gasteiger partial charge in [-0.2, -0.15) is 0 Å². The minimum Gasteiger partial charge on any atom is -0.494 e. The van der Waals surface area contributed by atoms with Gasteiger partial charge in [0.25, 0.3) is 0 Å². The number of nitrogens with one attached hydrogen (secondary N) is 2. The predicted molar refractivity (Wildman–Crippen MR) is 106 cm³/mol. The second-order valence-corrected chi connectivity index (χ2v) is 7.54. The maximum absolute atomic E-state index is 12.6. The van der Waals surface area contributed by atoms with Gasteiger partial charge in [-0.15, -0.1) is 0 Å². The first kappa shape index (κ1) is 19.0. The number of carbonyl (C=O) groups is 1. The van der Waals surface area contributed by atoms with Crippen molar-refractivity contribution in [1.82, 2.24) is 14.9 Å². The van der Waals surface area contributed by atoms with Crippen LogP contribution in [0.25, 0.3) is 11.0 Å². The fraction of sp³-hybridized carbons (Fsp3) is 0.600. The number of rotatable bonds is 5. The number of hydrogen-bond acceptors (Lipinski definition) is 5. The van der Waals surface area contributed by atoms with Gasteiger partial charge in [-0.3, -0.25) is 5.32 Å². The number of carbonyl (C=O) groups excluding carboxylic acids is 1. The van der Waals surface area contributed by atoms with E-state index in [1.807, 2.05) is 11.0 Å². The van der Waals surface area contributed by atoms with Crippen molar-refractivity contribution in [3.63, 3.8) is 0 Å². The summed E-state index contributed by atoms with van der Waals surface area (Å²) in [5.41, 5.74) is 2.86. The topological polar surface area (TPSA) is 88.7 Å². The van der Waals surface area contributed by atoms with Crippen LogP contribution in [0.3, 0.4) is 0 Å². The lowest BCUT2D eigenvalue weighted by molar-refractivity contribution is 0.0856. The molecule has 0 saturated carbocycles. The van der Waals surface area contributed by atoms with Gasteiger partial charge in [0.15, 0.2) is 0 Å². The summed E-state index contributed by atoms with van der Waals surface area (Å²) in [5.74, 6) is 1.97. The number of fused-ring (bicyclic) bond motifs is 1. The molecule has 2 saturated heterocycles. The number of likely N-dealkylation sites (tertiary alicyclic amines) is 1. The van der Waals surface area contributed by atoms with Gasteiger partial charge in [0.2, 0.25) is 5.95 Å². The average molecular weight is 388 g/mol. The van der Waals surface area contributed by atoms with Gasteiger partial charge >= 0.3 is 6.03 Å². The Kier molecular flexibility index (Phi) is 5.68. The Bertz CT molecular complexity index is 831. The van der Waals surface area contributed by atoms with Crippen molar-refractivity contribution in [3.05, 3.63) is 17.7 Å². The summed E-state index contributed by atoms with van der Waals surface area (Å²) in [7, 11) is 3.34. The van der Waals surface area contributed by atoms with Gasteiger partial charge in [0.1, 0.15) is 11.3 Å². The third-order valence-corrected chi connectivity index (χ3v) is 5.72. The van der Waals surface area contributed by atoms with Crippen LogP contribution in [0.2, 0.25) is 0 Å². The van der Waals surface area contributed by atoms with Crippen molar-refractivity contribution >= 4 is 23.0 Å². The molecular formula is C20H28N4O4. The highest BCUT2D eigenvalue weighted by Gasteiger charge is 2.27.